The van der Waals surface area contributed by atoms with Crippen molar-refractivity contribution in [3.8, 4) is 0 Å². The van der Waals surface area contributed by atoms with Crippen LogP contribution in [0.15, 0.2) is 0 Å². The SMILES string of the molecule is CC(CNC(=O)N1CCC(C)(C)C1)CC(=O)O. The third kappa shape index (κ3) is 4.63. The van der Waals surface area contributed by atoms with Gasteiger partial charge in [-0.1, -0.05) is 20.8 Å². The molecule has 1 aliphatic rings. The molecule has 2 N–H and O–H groups in total. The van der Waals surface area contributed by atoms with Gasteiger partial charge in [0, 0.05) is 26.1 Å². The Balaban J connectivity index is 2.28. The number of nitrogens with zero attached hydrogens (tertiary/aromatic N) is 1. The van der Waals surface area contributed by atoms with E-state index in [1.807, 2.05) is 6.92 Å². The minimum absolute atomic E-state index is 0.0351. The zero-order valence-corrected chi connectivity index (χ0v) is 10.8. The fourth-order valence-corrected chi connectivity index (χ4v) is 2.03. The van der Waals surface area contributed by atoms with E-state index in [2.05, 4.69) is 19.2 Å². The lowest BCUT2D eigenvalue weighted by Crippen LogP contribution is -2.41. The van der Waals surface area contributed by atoms with Gasteiger partial charge >= 0.3 is 12.0 Å². The maximum absolute atomic E-state index is 11.8. The molecule has 5 nitrogen and oxygen atoms in total. The van der Waals surface area contributed by atoms with Gasteiger partial charge < -0.3 is 15.3 Å². The van der Waals surface area contributed by atoms with E-state index in [-0.39, 0.29) is 23.8 Å². The minimum atomic E-state index is -0.825. The number of carbonyl (C=O) groups excluding carboxylic acids is 1. The number of carbonyl (C=O) groups is 2. The van der Waals surface area contributed by atoms with Gasteiger partial charge in [0.2, 0.25) is 0 Å². The number of hydrogen-bond donors (Lipinski definition) is 2. The van der Waals surface area contributed by atoms with Crippen molar-refractivity contribution in [1.29, 1.82) is 0 Å². The molecule has 0 spiro atoms. The number of rotatable bonds is 4. The van der Waals surface area contributed by atoms with E-state index < -0.39 is 5.97 Å². The molecule has 1 heterocycles. The first-order valence-electron chi connectivity index (χ1n) is 6.05. The highest BCUT2D eigenvalue weighted by Crippen LogP contribution is 2.28. The number of nitrogens with one attached hydrogen (secondary N) is 1. The van der Waals surface area contributed by atoms with Crippen LogP contribution >= 0.6 is 0 Å². The molecule has 1 unspecified atom stereocenters. The number of aliphatic carboxylic acids is 1. The van der Waals surface area contributed by atoms with E-state index in [1.54, 1.807) is 4.90 Å². The molecule has 1 aliphatic heterocycles. The van der Waals surface area contributed by atoms with E-state index in [4.69, 9.17) is 5.11 Å². The second-order valence-electron chi connectivity index (χ2n) is 5.72. The molecule has 0 aromatic rings. The van der Waals surface area contributed by atoms with Crippen LogP contribution in [-0.2, 0) is 4.79 Å². The minimum Gasteiger partial charge on any atom is -0.481 e. The number of likely N-dealkylation sites (tertiary alicyclic amines) is 1. The van der Waals surface area contributed by atoms with E-state index in [1.165, 1.54) is 0 Å². The summed E-state index contributed by atoms with van der Waals surface area (Å²) in [5.74, 6) is -0.860. The monoisotopic (exact) mass is 242 g/mol. The van der Waals surface area contributed by atoms with Gasteiger partial charge in [0.25, 0.3) is 0 Å². The second-order valence-corrected chi connectivity index (χ2v) is 5.72. The molecule has 17 heavy (non-hydrogen) atoms. The standard InChI is InChI=1S/C12H22N2O3/c1-9(6-10(15)16)7-13-11(17)14-5-4-12(2,3)8-14/h9H,4-8H2,1-3H3,(H,13,17)(H,15,16). The first-order chi connectivity index (χ1) is 7.80. The summed E-state index contributed by atoms with van der Waals surface area (Å²) in [5.41, 5.74) is 0.198. The third-order valence-electron chi connectivity index (χ3n) is 3.09. The normalized spacial score (nSPS) is 20.1. The highest BCUT2D eigenvalue weighted by molar-refractivity contribution is 5.74. The highest BCUT2D eigenvalue weighted by Gasteiger charge is 2.31. The molecule has 2 amide bonds. The Morgan fingerprint density at radius 2 is 2.12 bits per heavy atom. The van der Waals surface area contributed by atoms with E-state index in [0.29, 0.717) is 6.54 Å². The van der Waals surface area contributed by atoms with Gasteiger partial charge in [-0.25, -0.2) is 4.79 Å². The van der Waals surface area contributed by atoms with Crippen molar-refractivity contribution in [3.63, 3.8) is 0 Å². The Morgan fingerprint density at radius 3 is 2.59 bits per heavy atom. The summed E-state index contributed by atoms with van der Waals surface area (Å²) in [4.78, 5) is 24.1. The topological polar surface area (TPSA) is 69.6 Å². The Bertz CT molecular complexity index is 302. The van der Waals surface area contributed by atoms with Crippen LogP contribution < -0.4 is 5.32 Å². The summed E-state index contributed by atoms with van der Waals surface area (Å²) in [6.45, 7) is 8.09. The number of carboxylic acid groups (broad SMARTS) is 1. The van der Waals surface area contributed by atoms with Crippen molar-refractivity contribution in [2.24, 2.45) is 11.3 Å². The van der Waals surface area contributed by atoms with Crippen molar-refractivity contribution in [2.75, 3.05) is 19.6 Å². The molecule has 1 atom stereocenters. The second kappa shape index (κ2) is 5.38. The van der Waals surface area contributed by atoms with E-state index >= 15 is 0 Å². The Labute approximate surface area is 102 Å². The van der Waals surface area contributed by atoms with Crippen molar-refractivity contribution < 1.29 is 14.7 Å². The van der Waals surface area contributed by atoms with Crippen LogP contribution in [0.5, 0.6) is 0 Å². The molecule has 0 aromatic heterocycles. The Hall–Kier alpha value is -1.26. The molecule has 1 fully saturated rings. The zero-order valence-electron chi connectivity index (χ0n) is 10.8. The summed E-state index contributed by atoms with van der Waals surface area (Å²) in [6, 6.07) is -0.0761. The Kier molecular flexibility index (Phi) is 4.37. The fourth-order valence-electron chi connectivity index (χ4n) is 2.03. The van der Waals surface area contributed by atoms with Crippen LogP contribution in [0.4, 0.5) is 4.79 Å². The molecule has 0 bridgehead atoms. The molecule has 0 aliphatic carbocycles. The first-order valence-corrected chi connectivity index (χ1v) is 6.05. The largest absolute Gasteiger partial charge is 0.481 e. The average molecular weight is 242 g/mol. The first kappa shape index (κ1) is 13.8. The maximum atomic E-state index is 11.8. The molecule has 98 valence electrons. The molecule has 0 saturated carbocycles. The van der Waals surface area contributed by atoms with Gasteiger partial charge in [0.05, 0.1) is 0 Å². The molecule has 1 rings (SSSR count). The van der Waals surface area contributed by atoms with Gasteiger partial charge in [0.1, 0.15) is 0 Å². The summed E-state index contributed by atoms with van der Waals surface area (Å²) >= 11 is 0. The van der Waals surface area contributed by atoms with E-state index in [0.717, 1.165) is 19.5 Å². The summed E-state index contributed by atoms with van der Waals surface area (Å²) in [7, 11) is 0. The average Bonchev–Trinajstić information content (AvgIpc) is 2.54. The van der Waals surface area contributed by atoms with Gasteiger partial charge in [-0.3, -0.25) is 4.79 Å². The summed E-state index contributed by atoms with van der Waals surface area (Å²) in [6.07, 6.45) is 1.11. The predicted molar refractivity (Wildman–Crippen MR) is 64.8 cm³/mol. The van der Waals surface area contributed by atoms with Crippen LogP contribution in [0, 0.1) is 11.3 Å². The van der Waals surface area contributed by atoms with Crippen molar-refractivity contribution in [2.45, 2.75) is 33.6 Å². The van der Waals surface area contributed by atoms with Gasteiger partial charge in [-0.05, 0) is 17.8 Å². The summed E-state index contributed by atoms with van der Waals surface area (Å²) < 4.78 is 0. The van der Waals surface area contributed by atoms with Crippen molar-refractivity contribution in [1.82, 2.24) is 10.2 Å². The van der Waals surface area contributed by atoms with Crippen LogP contribution in [0.2, 0.25) is 0 Å². The van der Waals surface area contributed by atoms with Gasteiger partial charge in [-0.15, -0.1) is 0 Å². The molecular formula is C12H22N2O3. The lowest BCUT2D eigenvalue weighted by atomic mass is 9.93. The van der Waals surface area contributed by atoms with Crippen LogP contribution in [-0.4, -0.2) is 41.6 Å². The Morgan fingerprint density at radius 1 is 1.47 bits per heavy atom. The van der Waals surface area contributed by atoms with Gasteiger partial charge in [-0.2, -0.15) is 0 Å². The van der Waals surface area contributed by atoms with Crippen molar-refractivity contribution in [3.05, 3.63) is 0 Å². The van der Waals surface area contributed by atoms with Crippen LogP contribution in [0.3, 0.4) is 0 Å². The van der Waals surface area contributed by atoms with E-state index in [9.17, 15) is 9.59 Å². The quantitative estimate of drug-likeness (QED) is 0.785. The van der Waals surface area contributed by atoms with Gasteiger partial charge in [0.15, 0.2) is 0 Å². The molecule has 5 heteroatoms. The third-order valence-corrected chi connectivity index (χ3v) is 3.09. The predicted octanol–water partition coefficient (Wildman–Crippen LogP) is 1.54. The smallest absolute Gasteiger partial charge is 0.317 e. The molecule has 0 radical (unpaired) electrons. The van der Waals surface area contributed by atoms with Crippen LogP contribution in [0.1, 0.15) is 33.6 Å². The zero-order chi connectivity index (χ0) is 13.1. The molecule has 0 aromatic carbocycles. The highest BCUT2D eigenvalue weighted by atomic mass is 16.4. The maximum Gasteiger partial charge on any atom is 0.317 e. The molecular weight excluding hydrogens is 220 g/mol. The summed E-state index contributed by atoms with van der Waals surface area (Å²) in [5, 5.41) is 11.4. The van der Waals surface area contributed by atoms with Crippen LogP contribution in [0.25, 0.3) is 0 Å². The fraction of sp³-hybridized carbons (Fsp3) is 0.833. The lowest BCUT2D eigenvalue weighted by Gasteiger charge is -2.21. The number of carboxylic acids is 1. The lowest BCUT2D eigenvalue weighted by molar-refractivity contribution is -0.137. The number of hydrogen-bond acceptors (Lipinski definition) is 2. The number of amides is 2. The molecule has 1 saturated heterocycles. The van der Waals surface area contributed by atoms with Crippen molar-refractivity contribution >= 4 is 12.0 Å². The number of urea groups is 1.